The van der Waals surface area contributed by atoms with Gasteiger partial charge in [-0.2, -0.15) is 0 Å². The zero-order chi connectivity index (χ0) is 16.5. The molecule has 0 fully saturated rings. The molecule has 0 aliphatic heterocycles. The van der Waals surface area contributed by atoms with Crippen molar-refractivity contribution in [3.63, 3.8) is 0 Å². The topological polar surface area (TPSA) is 83.5 Å². The Morgan fingerprint density at radius 3 is 2.45 bits per heavy atom. The van der Waals surface area contributed by atoms with Gasteiger partial charge in [-0.25, -0.2) is 13.2 Å². The smallest absolute Gasteiger partial charge is 0.335 e. The molecule has 0 heterocycles. The Morgan fingerprint density at radius 1 is 1.14 bits per heavy atom. The number of carboxylic acids is 1. The van der Waals surface area contributed by atoms with Crippen LogP contribution in [0.25, 0.3) is 0 Å². The predicted molar refractivity (Wildman–Crippen MR) is 87.8 cm³/mol. The molecule has 0 saturated carbocycles. The first kappa shape index (κ1) is 16.5. The number of nitrogens with one attached hydrogen (secondary N) is 1. The van der Waals surface area contributed by atoms with Crippen molar-refractivity contribution in [1.29, 1.82) is 0 Å². The fourth-order valence-corrected chi connectivity index (χ4v) is 3.79. The molecular weight excluding hydrogens is 370 g/mol. The number of anilines is 1. The number of rotatable bonds is 4. The van der Waals surface area contributed by atoms with Gasteiger partial charge in [-0.15, -0.1) is 0 Å². The molecule has 7 heteroatoms. The summed E-state index contributed by atoms with van der Waals surface area (Å²) < 4.78 is 28.2. The Morgan fingerprint density at radius 2 is 1.82 bits per heavy atom. The summed E-state index contributed by atoms with van der Waals surface area (Å²) in [6.07, 6.45) is 0. The second kappa shape index (κ2) is 6.10. The van der Waals surface area contributed by atoms with E-state index >= 15 is 0 Å². The summed E-state index contributed by atoms with van der Waals surface area (Å²) in [6, 6.07) is 8.97. The molecule has 2 aromatic carbocycles. The van der Waals surface area contributed by atoms with Gasteiger partial charge in [0, 0.05) is 10.2 Å². The molecule has 0 atom stereocenters. The van der Waals surface area contributed by atoms with Gasteiger partial charge >= 0.3 is 5.97 Å². The molecule has 2 aromatic rings. The average Bonchev–Trinajstić information content (AvgIpc) is 2.42. The predicted octanol–water partition coefficient (Wildman–Crippen LogP) is 3.56. The molecule has 0 unspecified atom stereocenters. The van der Waals surface area contributed by atoms with Crippen molar-refractivity contribution in [2.45, 2.75) is 18.7 Å². The molecular formula is C15H14BrNO4S. The minimum Gasteiger partial charge on any atom is -0.478 e. The lowest BCUT2D eigenvalue weighted by atomic mass is 10.2. The van der Waals surface area contributed by atoms with Crippen LogP contribution in [-0.2, 0) is 10.0 Å². The number of carbonyl (C=O) groups is 1. The van der Waals surface area contributed by atoms with Gasteiger partial charge in [0.2, 0.25) is 0 Å². The monoisotopic (exact) mass is 383 g/mol. The largest absolute Gasteiger partial charge is 0.478 e. The molecule has 0 bridgehead atoms. The summed E-state index contributed by atoms with van der Waals surface area (Å²) in [7, 11) is -3.79. The van der Waals surface area contributed by atoms with Crippen LogP contribution in [0.5, 0.6) is 0 Å². The molecule has 0 saturated heterocycles. The van der Waals surface area contributed by atoms with Crippen molar-refractivity contribution in [1.82, 2.24) is 0 Å². The lowest BCUT2D eigenvalue weighted by Crippen LogP contribution is -2.15. The Hall–Kier alpha value is -1.86. The quantitative estimate of drug-likeness (QED) is 0.844. The van der Waals surface area contributed by atoms with Gasteiger partial charge in [-0.1, -0.05) is 22.0 Å². The van der Waals surface area contributed by atoms with E-state index in [4.69, 9.17) is 5.11 Å². The summed E-state index contributed by atoms with van der Waals surface area (Å²) >= 11 is 3.36. The highest BCUT2D eigenvalue weighted by molar-refractivity contribution is 9.10. The number of halogens is 1. The Labute approximate surface area is 137 Å². The van der Waals surface area contributed by atoms with Crippen LogP contribution in [0.4, 0.5) is 5.69 Å². The van der Waals surface area contributed by atoms with E-state index in [9.17, 15) is 13.2 Å². The maximum absolute atomic E-state index is 12.5. The van der Waals surface area contributed by atoms with Crippen LogP contribution in [-0.4, -0.2) is 19.5 Å². The molecule has 0 aliphatic carbocycles. The zero-order valence-electron chi connectivity index (χ0n) is 11.9. The van der Waals surface area contributed by atoms with E-state index in [-0.39, 0.29) is 16.1 Å². The van der Waals surface area contributed by atoms with E-state index in [1.54, 1.807) is 26.0 Å². The lowest BCUT2D eigenvalue weighted by molar-refractivity contribution is 0.0697. The van der Waals surface area contributed by atoms with Gasteiger partial charge < -0.3 is 5.11 Å². The molecule has 0 spiro atoms. The summed E-state index contributed by atoms with van der Waals surface area (Å²) in [5.74, 6) is -1.11. The molecule has 22 heavy (non-hydrogen) atoms. The summed E-state index contributed by atoms with van der Waals surface area (Å²) in [6.45, 7) is 3.50. The second-order valence-corrected chi connectivity index (χ2v) is 7.36. The van der Waals surface area contributed by atoms with Gasteiger partial charge in [-0.3, -0.25) is 4.72 Å². The van der Waals surface area contributed by atoms with Crippen molar-refractivity contribution in [2.75, 3.05) is 4.72 Å². The molecule has 0 aromatic heterocycles. The molecule has 0 radical (unpaired) electrons. The number of hydrogen-bond donors (Lipinski definition) is 2. The number of benzene rings is 2. The minimum absolute atomic E-state index is 0.0175. The number of aryl methyl sites for hydroxylation is 2. The van der Waals surface area contributed by atoms with Crippen LogP contribution in [0.1, 0.15) is 21.5 Å². The number of sulfonamides is 1. The third-order valence-electron chi connectivity index (χ3n) is 3.11. The highest BCUT2D eigenvalue weighted by Crippen LogP contribution is 2.26. The maximum Gasteiger partial charge on any atom is 0.335 e. The molecule has 2 N–H and O–H groups in total. The zero-order valence-corrected chi connectivity index (χ0v) is 14.3. The first-order chi connectivity index (χ1) is 10.2. The van der Waals surface area contributed by atoms with Gasteiger partial charge in [0.05, 0.1) is 10.5 Å². The van der Waals surface area contributed by atoms with E-state index < -0.39 is 16.0 Å². The maximum atomic E-state index is 12.5. The third kappa shape index (κ3) is 3.48. The summed E-state index contributed by atoms with van der Waals surface area (Å²) in [5.41, 5.74) is 1.62. The fourth-order valence-electron chi connectivity index (χ4n) is 1.97. The average molecular weight is 384 g/mol. The van der Waals surface area contributed by atoms with E-state index in [1.807, 2.05) is 0 Å². The summed E-state index contributed by atoms with van der Waals surface area (Å²) in [4.78, 5) is 11.1. The Bertz CT molecular complexity index is 847. The highest BCUT2D eigenvalue weighted by Gasteiger charge is 2.18. The molecule has 0 amide bonds. The van der Waals surface area contributed by atoms with Gasteiger partial charge in [0.25, 0.3) is 10.0 Å². The van der Waals surface area contributed by atoms with Crippen molar-refractivity contribution < 1.29 is 18.3 Å². The van der Waals surface area contributed by atoms with Crippen LogP contribution in [0, 0.1) is 13.8 Å². The SMILES string of the molecule is Cc1cc(S(=O)(=O)Nc2cccc(C(=O)O)c2)c(C)cc1Br. The Balaban J connectivity index is 2.42. The number of aromatic carboxylic acids is 1. The molecule has 116 valence electrons. The van der Waals surface area contributed by atoms with E-state index in [1.165, 1.54) is 24.3 Å². The van der Waals surface area contributed by atoms with Crippen LogP contribution in [0.15, 0.2) is 45.8 Å². The second-order valence-electron chi connectivity index (χ2n) is 4.86. The first-order valence-corrected chi connectivity index (χ1v) is 8.61. The van der Waals surface area contributed by atoms with Gasteiger partial charge in [-0.05, 0) is 55.3 Å². The van der Waals surface area contributed by atoms with Crippen molar-refractivity contribution >= 4 is 37.6 Å². The standard InChI is InChI=1S/C15H14BrNO4S/c1-9-7-14(10(2)6-13(9)16)22(20,21)17-12-5-3-4-11(8-12)15(18)19/h3-8,17H,1-2H3,(H,18,19). The molecule has 5 nitrogen and oxygen atoms in total. The van der Waals surface area contributed by atoms with E-state index in [0.29, 0.717) is 5.56 Å². The van der Waals surface area contributed by atoms with E-state index in [0.717, 1.165) is 10.0 Å². The van der Waals surface area contributed by atoms with Crippen molar-refractivity contribution in [3.8, 4) is 0 Å². The molecule has 2 rings (SSSR count). The Kier molecular flexibility index (Phi) is 4.58. The van der Waals surface area contributed by atoms with Crippen LogP contribution < -0.4 is 4.72 Å². The van der Waals surface area contributed by atoms with Gasteiger partial charge in [0.15, 0.2) is 0 Å². The van der Waals surface area contributed by atoms with Crippen LogP contribution in [0.3, 0.4) is 0 Å². The third-order valence-corrected chi connectivity index (χ3v) is 5.49. The van der Waals surface area contributed by atoms with Gasteiger partial charge in [0.1, 0.15) is 0 Å². The number of carboxylic acid groups (broad SMARTS) is 1. The minimum atomic E-state index is -3.79. The normalized spacial score (nSPS) is 11.2. The highest BCUT2D eigenvalue weighted by atomic mass is 79.9. The summed E-state index contributed by atoms with van der Waals surface area (Å²) in [5, 5.41) is 8.95. The van der Waals surface area contributed by atoms with Crippen molar-refractivity contribution in [3.05, 3.63) is 57.6 Å². The van der Waals surface area contributed by atoms with Crippen LogP contribution >= 0.6 is 15.9 Å². The first-order valence-electron chi connectivity index (χ1n) is 6.33. The van der Waals surface area contributed by atoms with Crippen molar-refractivity contribution in [2.24, 2.45) is 0 Å². The fraction of sp³-hybridized carbons (Fsp3) is 0.133. The lowest BCUT2D eigenvalue weighted by Gasteiger charge is -2.12. The number of hydrogen-bond acceptors (Lipinski definition) is 3. The van der Waals surface area contributed by atoms with Crippen LogP contribution in [0.2, 0.25) is 0 Å². The van der Waals surface area contributed by atoms with E-state index in [2.05, 4.69) is 20.7 Å². The molecule has 0 aliphatic rings.